The van der Waals surface area contributed by atoms with E-state index >= 15 is 0 Å². The number of aliphatic hydroxyl groups is 1. The standard InChI is InChI=1S/C22H36O4/c1-8-21(6)17(24)13-16-20(5)11-10-18(25-14(2)23)19(3,4)15(20)9-12-22(16,7)26-21/h8,15-18,24H,1,9-13H2,2-7H3/t15-,16+,17-,18-,20-,21+,22+/m1/s1. The van der Waals surface area contributed by atoms with Crippen molar-refractivity contribution in [2.45, 2.75) is 97.1 Å². The molecule has 0 bridgehead atoms. The molecule has 0 unspecified atom stereocenters. The van der Waals surface area contributed by atoms with Crippen LogP contribution in [0.4, 0.5) is 0 Å². The minimum Gasteiger partial charge on any atom is -0.462 e. The lowest BCUT2D eigenvalue weighted by atomic mass is 9.43. The van der Waals surface area contributed by atoms with Gasteiger partial charge in [0.1, 0.15) is 11.7 Å². The molecule has 148 valence electrons. The Hall–Kier alpha value is -0.870. The lowest BCUT2D eigenvalue weighted by Gasteiger charge is -2.66. The Morgan fingerprint density at radius 1 is 1.15 bits per heavy atom. The van der Waals surface area contributed by atoms with Crippen molar-refractivity contribution in [2.75, 3.05) is 0 Å². The van der Waals surface area contributed by atoms with Gasteiger partial charge in [-0.15, -0.1) is 6.58 Å². The lowest BCUT2D eigenvalue weighted by Crippen LogP contribution is -2.67. The van der Waals surface area contributed by atoms with Crippen LogP contribution in [0.5, 0.6) is 0 Å². The minimum absolute atomic E-state index is 0.0321. The Labute approximate surface area is 158 Å². The molecule has 0 aromatic carbocycles. The van der Waals surface area contributed by atoms with Gasteiger partial charge in [-0.3, -0.25) is 4.79 Å². The number of hydrogen-bond acceptors (Lipinski definition) is 4. The molecule has 4 nitrogen and oxygen atoms in total. The Kier molecular flexibility index (Phi) is 4.64. The molecule has 0 radical (unpaired) electrons. The summed E-state index contributed by atoms with van der Waals surface area (Å²) >= 11 is 0. The summed E-state index contributed by atoms with van der Waals surface area (Å²) in [6, 6.07) is 0. The van der Waals surface area contributed by atoms with Crippen molar-refractivity contribution in [3.05, 3.63) is 12.7 Å². The van der Waals surface area contributed by atoms with Gasteiger partial charge in [0.25, 0.3) is 0 Å². The van der Waals surface area contributed by atoms with Crippen LogP contribution in [0.25, 0.3) is 0 Å². The van der Waals surface area contributed by atoms with E-state index in [0.29, 0.717) is 5.92 Å². The van der Waals surface area contributed by atoms with Crippen molar-refractivity contribution in [2.24, 2.45) is 22.7 Å². The summed E-state index contributed by atoms with van der Waals surface area (Å²) in [7, 11) is 0. The van der Waals surface area contributed by atoms with Crippen LogP contribution in [0, 0.1) is 22.7 Å². The fourth-order valence-electron chi connectivity index (χ4n) is 6.74. The molecular weight excluding hydrogens is 328 g/mol. The molecule has 0 amide bonds. The maximum absolute atomic E-state index is 11.6. The van der Waals surface area contributed by atoms with Crippen LogP contribution in [0.1, 0.15) is 73.6 Å². The van der Waals surface area contributed by atoms with E-state index in [4.69, 9.17) is 9.47 Å². The van der Waals surface area contributed by atoms with Gasteiger partial charge in [0, 0.05) is 12.3 Å². The summed E-state index contributed by atoms with van der Waals surface area (Å²) in [5, 5.41) is 10.8. The van der Waals surface area contributed by atoms with Crippen molar-refractivity contribution in [3.8, 4) is 0 Å². The second-order valence-corrected chi connectivity index (χ2v) is 10.2. The Morgan fingerprint density at radius 3 is 2.38 bits per heavy atom. The molecule has 1 aliphatic heterocycles. The van der Waals surface area contributed by atoms with Gasteiger partial charge in [-0.2, -0.15) is 0 Å². The molecule has 1 saturated heterocycles. The van der Waals surface area contributed by atoms with E-state index < -0.39 is 11.7 Å². The van der Waals surface area contributed by atoms with E-state index in [1.54, 1.807) is 6.08 Å². The third-order valence-electron chi connectivity index (χ3n) is 8.22. The third kappa shape index (κ3) is 2.75. The summed E-state index contributed by atoms with van der Waals surface area (Å²) in [4.78, 5) is 11.6. The number of rotatable bonds is 2. The van der Waals surface area contributed by atoms with Crippen molar-refractivity contribution >= 4 is 5.97 Å². The molecule has 26 heavy (non-hydrogen) atoms. The highest BCUT2D eigenvalue weighted by Crippen LogP contribution is 2.65. The fourth-order valence-corrected chi connectivity index (χ4v) is 6.74. The monoisotopic (exact) mass is 364 g/mol. The van der Waals surface area contributed by atoms with Gasteiger partial charge in [0.05, 0.1) is 11.7 Å². The SMILES string of the molecule is C=C[C@]1(C)O[C@@]2(C)CC[C@@H]3C(C)(C)[C@H](OC(C)=O)CC[C@@]3(C)[C@@H]2C[C@H]1O. The van der Waals surface area contributed by atoms with Crippen LogP contribution in [0.2, 0.25) is 0 Å². The van der Waals surface area contributed by atoms with Crippen LogP contribution in [-0.4, -0.2) is 34.5 Å². The number of hydrogen-bond donors (Lipinski definition) is 1. The Balaban J connectivity index is 1.94. The first kappa shape index (κ1) is 19.9. The number of esters is 1. The third-order valence-corrected chi connectivity index (χ3v) is 8.22. The molecule has 1 heterocycles. The lowest BCUT2D eigenvalue weighted by molar-refractivity contribution is -0.288. The smallest absolute Gasteiger partial charge is 0.302 e. The van der Waals surface area contributed by atoms with Crippen LogP contribution >= 0.6 is 0 Å². The zero-order chi connectivity index (χ0) is 19.5. The van der Waals surface area contributed by atoms with Crippen molar-refractivity contribution < 1.29 is 19.4 Å². The van der Waals surface area contributed by atoms with E-state index in [1.165, 1.54) is 6.92 Å². The first-order valence-electron chi connectivity index (χ1n) is 10.1. The molecule has 3 aliphatic rings. The predicted octanol–water partition coefficient (Wildman–Crippen LogP) is 4.26. The van der Waals surface area contributed by atoms with Crippen molar-refractivity contribution in [1.29, 1.82) is 0 Å². The summed E-state index contributed by atoms with van der Waals surface area (Å²) in [6.45, 7) is 16.4. The normalized spacial score (nSPS) is 50.3. The van der Waals surface area contributed by atoms with Gasteiger partial charge in [-0.25, -0.2) is 0 Å². The van der Waals surface area contributed by atoms with Crippen LogP contribution < -0.4 is 0 Å². The molecule has 4 heteroatoms. The average Bonchev–Trinajstić information content (AvgIpc) is 2.52. The largest absolute Gasteiger partial charge is 0.462 e. The van der Waals surface area contributed by atoms with Gasteiger partial charge in [-0.1, -0.05) is 26.8 Å². The Morgan fingerprint density at radius 2 is 1.81 bits per heavy atom. The summed E-state index contributed by atoms with van der Waals surface area (Å²) in [6.07, 6.45) is 5.82. The van der Waals surface area contributed by atoms with Crippen LogP contribution in [-0.2, 0) is 14.3 Å². The number of aliphatic hydroxyl groups excluding tert-OH is 1. The maximum atomic E-state index is 11.6. The molecular formula is C22H36O4. The summed E-state index contributed by atoms with van der Waals surface area (Å²) in [5.41, 5.74) is -0.947. The quantitative estimate of drug-likeness (QED) is 0.588. The Bertz CT molecular complexity index is 599. The zero-order valence-corrected chi connectivity index (χ0v) is 17.3. The van der Waals surface area contributed by atoms with E-state index in [9.17, 15) is 9.90 Å². The summed E-state index contributed by atoms with van der Waals surface area (Å²) in [5.74, 6) is 0.537. The number of ether oxygens (including phenoxy) is 2. The first-order valence-corrected chi connectivity index (χ1v) is 10.1. The molecule has 3 rings (SSSR count). The van der Waals surface area contributed by atoms with Gasteiger partial charge >= 0.3 is 5.97 Å². The second kappa shape index (κ2) is 6.07. The molecule has 1 N–H and O–H groups in total. The van der Waals surface area contributed by atoms with Gasteiger partial charge in [0.2, 0.25) is 0 Å². The van der Waals surface area contributed by atoms with Gasteiger partial charge in [0.15, 0.2) is 0 Å². The van der Waals surface area contributed by atoms with E-state index in [-0.39, 0.29) is 34.4 Å². The molecule has 2 aliphatic carbocycles. The highest BCUT2D eigenvalue weighted by atomic mass is 16.5. The topological polar surface area (TPSA) is 55.8 Å². The number of carbonyl (C=O) groups excluding carboxylic acids is 1. The second-order valence-electron chi connectivity index (χ2n) is 10.2. The van der Waals surface area contributed by atoms with Crippen molar-refractivity contribution in [3.63, 3.8) is 0 Å². The van der Waals surface area contributed by atoms with E-state index in [1.807, 2.05) is 6.92 Å². The number of carbonyl (C=O) groups is 1. The fraction of sp³-hybridized carbons (Fsp3) is 0.864. The zero-order valence-electron chi connectivity index (χ0n) is 17.3. The van der Waals surface area contributed by atoms with Gasteiger partial charge < -0.3 is 14.6 Å². The van der Waals surface area contributed by atoms with Gasteiger partial charge in [-0.05, 0) is 63.2 Å². The van der Waals surface area contributed by atoms with Crippen LogP contribution in [0.15, 0.2) is 12.7 Å². The summed E-state index contributed by atoms with van der Waals surface area (Å²) < 4.78 is 12.2. The van der Waals surface area contributed by atoms with Crippen molar-refractivity contribution in [1.82, 2.24) is 0 Å². The molecule has 7 atom stereocenters. The first-order chi connectivity index (χ1) is 11.9. The van der Waals surface area contributed by atoms with E-state index in [0.717, 1.165) is 32.1 Å². The minimum atomic E-state index is -0.682. The average molecular weight is 365 g/mol. The maximum Gasteiger partial charge on any atom is 0.302 e. The molecule has 0 aromatic heterocycles. The number of fused-ring (bicyclic) bond motifs is 3. The molecule has 0 aromatic rings. The highest BCUT2D eigenvalue weighted by Gasteiger charge is 2.65. The molecule has 0 spiro atoms. The predicted molar refractivity (Wildman–Crippen MR) is 102 cm³/mol. The van der Waals surface area contributed by atoms with Crippen LogP contribution in [0.3, 0.4) is 0 Å². The molecule has 3 fully saturated rings. The molecule has 2 saturated carbocycles. The van der Waals surface area contributed by atoms with E-state index in [2.05, 4.69) is 34.3 Å². The highest BCUT2D eigenvalue weighted by molar-refractivity contribution is 5.66.